The minimum atomic E-state index is -1.02. The van der Waals surface area contributed by atoms with Gasteiger partial charge in [0.15, 0.2) is 17.6 Å². The molecule has 0 spiro atoms. The zero-order valence-electron chi connectivity index (χ0n) is 19.2. The number of methoxy groups -OCH3 is 1. The third-order valence-electron chi connectivity index (χ3n) is 6.75. The molecule has 3 atom stereocenters. The highest BCUT2D eigenvalue weighted by atomic mass is 35.5. The van der Waals surface area contributed by atoms with Crippen molar-refractivity contribution in [1.82, 2.24) is 0 Å². The van der Waals surface area contributed by atoms with E-state index in [2.05, 4.69) is 0 Å². The van der Waals surface area contributed by atoms with Crippen LogP contribution in [-0.4, -0.2) is 30.1 Å². The monoisotopic (exact) mass is 500 g/mol. The quantitative estimate of drug-likeness (QED) is 0.385. The first-order valence-corrected chi connectivity index (χ1v) is 11.8. The van der Waals surface area contributed by atoms with Crippen LogP contribution in [0, 0.1) is 5.92 Å². The Morgan fingerprint density at radius 2 is 1.67 bits per heavy atom. The predicted octanol–water partition coefficient (Wildman–Crippen LogP) is 5.26. The van der Waals surface area contributed by atoms with Gasteiger partial charge in [-0.2, -0.15) is 0 Å². The molecule has 8 heteroatoms. The van der Waals surface area contributed by atoms with Crippen molar-refractivity contribution in [3.8, 4) is 11.5 Å². The largest absolute Gasteiger partial charge is 0.504 e. The van der Waals surface area contributed by atoms with Crippen molar-refractivity contribution in [1.29, 1.82) is 0 Å². The summed E-state index contributed by atoms with van der Waals surface area (Å²) in [5.74, 6) is -1.36. The summed E-state index contributed by atoms with van der Waals surface area (Å²) in [7, 11) is 1.45. The van der Waals surface area contributed by atoms with Crippen LogP contribution in [-0.2, 0) is 14.4 Å². The van der Waals surface area contributed by atoms with Gasteiger partial charge in [0.05, 0.1) is 24.5 Å². The average Bonchev–Trinajstić information content (AvgIpc) is 3.40. The summed E-state index contributed by atoms with van der Waals surface area (Å²) in [6.07, 6.45) is -1.02. The maximum atomic E-state index is 14.0. The highest BCUT2D eigenvalue weighted by molar-refractivity contribution is 6.30. The zero-order valence-corrected chi connectivity index (χ0v) is 19.9. The van der Waals surface area contributed by atoms with Gasteiger partial charge in [-0.3, -0.25) is 14.4 Å². The van der Waals surface area contributed by atoms with Crippen molar-refractivity contribution in [2.75, 3.05) is 17.1 Å². The number of hydroxylamine groups is 1. The van der Waals surface area contributed by atoms with Crippen molar-refractivity contribution < 1.29 is 24.3 Å². The van der Waals surface area contributed by atoms with E-state index in [1.807, 2.05) is 36.4 Å². The fourth-order valence-electron chi connectivity index (χ4n) is 5.08. The van der Waals surface area contributed by atoms with Crippen molar-refractivity contribution in [2.24, 2.45) is 5.92 Å². The van der Waals surface area contributed by atoms with Gasteiger partial charge in [0.25, 0.3) is 5.91 Å². The number of fused-ring (bicyclic) bond motifs is 2. The van der Waals surface area contributed by atoms with E-state index in [0.717, 1.165) is 10.8 Å². The minimum Gasteiger partial charge on any atom is -0.504 e. The molecule has 6 rings (SSSR count). The van der Waals surface area contributed by atoms with Gasteiger partial charge in [-0.25, -0.2) is 9.96 Å². The van der Waals surface area contributed by atoms with Gasteiger partial charge in [-0.05, 0) is 53.4 Å². The number of rotatable bonds is 4. The highest BCUT2D eigenvalue weighted by Gasteiger charge is 2.60. The molecule has 2 fully saturated rings. The normalized spacial score (nSPS) is 21.3. The minimum absolute atomic E-state index is 0.0269. The van der Waals surface area contributed by atoms with Crippen LogP contribution in [0.3, 0.4) is 0 Å². The van der Waals surface area contributed by atoms with E-state index in [1.165, 1.54) is 18.1 Å². The number of carbonyl (C=O) groups excluding carboxylic acids is 2. The van der Waals surface area contributed by atoms with Gasteiger partial charge < -0.3 is 9.84 Å². The smallest absolute Gasteiger partial charge is 0.266 e. The maximum absolute atomic E-state index is 14.0. The standard InChI is InChI=1S/C28H21ClN2O5/c1-35-23-15-17(9-14-22(23)32)25-24-26(36-31(25)19-12-10-18(29)11-13-19)28(34)30(27(24)33)21-8-4-6-16-5-2-3-7-20(16)21/h2-15,24-26,32H,1H3/t24-,25-,26-/m0/s1. The second-order valence-corrected chi connectivity index (χ2v) is 9.18. The van der Waals surface area contributed by atoms with E-state index in [0.29, 0.717) is 22.0 Å². The van der Waals surface area contributed by atoms with Crippen LogP contribution in [0.2, 0.25) is 5.02 Å². The second kappa shape index (κ2) is 8.55. The van der Waals surface area contributed by atoms with Gasteiger partial charge in [0, 0.05) is 10.4 Å². The van der Waals surface area contributed by atoms with Crippen molar-refractivity contribution >= 4 is 45.6 Å². The molecule has 7 nitrogen and oxygen atoms in total. The van der Waals surface area contributed by atoms with Crippen LogP contribution in [0.4, 0.5) is 11.4 Å². The van der Waals surface area contributed by atoms with Gasteiger partial charge in [-0.15, -0.1) is 0 Å². The molecule has 0 saturated carbocycles. The molecule has 2 aliphatic rings. The summed E-state index contributed by atoms with van der Waals surface area (Å²) >= 11 is 6.09. The molecule has 4 aromatic carbocycles. The lowest BCUT2D eigenvalue weighted by Crippen LogP contribution is -2.37. The molecular formula is C28H21ClN2O5. The number of nitrogens with zero attached hydrogens (tertiary/aromatic N) is 2. The fraction of sp³-hybridized carbons (Fsp3) is 0.143. The van der Waals surface area contributed by atoms with Crippen molar-refractivity contribution in [3.05, 3.63) is 95.5 Å². The summed E-state index contributed by atoms with van der Waals surface area (Å²) in [5.41, 5.74) is 1.83. The molecule has 0 aliphatic carbocycles. The molecule has 0 unspecified atom stereocenters. The summed E-state index contributed by atoms with van der Waals surface area (Å²) in [6, 6.07) is 24.4. The number of hydrogen-bond acceptors (Lipinski definition) is 6. The first kappa shape index (κ1) is 22.4. The molecule has 2 amide bonds. The Morgan fingerprint density at radius 1 is 0.917 bits per heavy atom. The number of aromatic hydroxyl groups is 1. The fourth-order valence-corrected chi connectivity index (χ4v) is 5.21. The second-order valence-electron chi connectivity index (χ2n) is 8.74. The summed E-state index contributed by atoms with van der Waals surface area (Å²) in [5, 5.41) is 14.0. The van der Waals surface area contributed by atoms with E-state index in [1.54, 1.807) is 47.5 Å². The van der Waals surface area contributed by atoms with Gasteiger partial charge >= 0.3 is 0 Å². The van der Waals surface area contributed by atoms with Crippen LogP contribution in [0.25, 0.3) is 10.8 Å². The summed E-state index contributed by atoms with van der Waals surface area (Å²) < 4.78 is 5.31. The van der Waals surface area contributed by atoms with Crippen LogP contribution in [0.1, 0.15) is 11.6 Å². The van der Waals surface area contributed by atoms with Crippen LogP contribution in [0.15, 0.2) is 84.9 Å². The average molecular weight is 501 g/mol. The lowest BCUT2D eigenvalue weighted by Gasteiger charge is -2.29. The molecule has 2 aliphatic heterocycles. The van der Waals surface area contributed by atoms with E-state index >= 15 is 0 Å². The number of anilines is 2. The van der Waals surface area contributed by atoms with E-state index in [-0.39, 0.29) is 17.4 Å². The van der Waals surface area contributed by atoms with E-state index in [9.17, 15) is 14.7 Å². The number of halogens is 1. The van der Waals surface area contributed by atoms with E-state index in [4.69, 9.17) is 21.2 Å². The predicted molar refractivity (Wildman–Crippen MR) is 136 cm³/mol. The molecule has 2 heterocycles. The topological polar surface area (TPSA) is 79.3 Å². The molecule has 0 bridgehead atoms. The molecule has 2 saturated heterocycles. The molecule has 4 aromatic rings. The third-order valence-corrected chi connectivity index (χ3v) is 7.00. The first-order chi connectivity index (χ1) is 17.5. The number of phenols is 1. The number of phenolic OH excluding ortho intramolecular Hbond substituents is 1. The molecule has 1 N–H and O–H groups in total. The number of benzene rings is 4. The zero-order chi connectivity index (χ0) is 25.0. The molecule has 0 aromatic heterocycles. The molecule has 0 radical (unpaired) electrons. The van der Waals surface area contributed by atoms with Gasteiger partial charge in [0.1, 0.15) is 5.92 Å². The lowest BCUT2D eigenvalue weighted by molar-refractivity contribution is -0.126. The summed E-state index contributed by atoms with van der Waals surface area (Å²) in [6.45, 7) is 0. The molecular weight excluding hydrogens is 480 g/mol. The Morgan fingerprint density at radius 3 is 2.44 bits per heavy atom. The van der Waals surface area contributed by atoms with E-state index < -0.39 is 24.0 Å². The maximum Gasteiger partial charge on any atom is 0.266 e. The number of ether oxygens (including phenoxy) is 1. The lowest BCUT2D eigenvalue weighted by atomic mass is 9.90. The Labute approximate surface area is 212 Å². The van der Waals surface area contributed by atoms with Crippen LogP contribution < -0.4 is 14.7 Å². The molecule has 180 valence electrons. The van der Waals surface area contributed by atoms with Crippen LogP contribution >= 0.6 is 11.6 Å². The number of amides is 2. The SMILES string of the molecule is COc1cc([C@H]2[C@@H]3C(=O)N(c4cccc5ccccc45)C(=O)[C@H]3ON2c2ccc(Cl)cc2)ccc1O. The Kier molecular flexibility index (Phi) is 5.32. The number of carbonyl (C=O) groups is 2. The third kappa shape index (κ3) is 3.39. The number of hydrogen-bond donors (Lipinski definition) is 1. The Hall–Kier alpha value is -4.07. The van der Waals surface area contributed by atoms with Crippen molar-refractivity contribution in [2.45, 2.75) is 12.1 Å². The van der Waals surface area contributed by atoms with Gasteiger partial charge in [0.2, 0.25) is 5.91 Å². The first-order valence-electron chi connectivity index (χ1n) is 11.4. The van der Waals surface area contributed by atoms with Crippen molar-refractivity contribution in [3.63, 3.8) is 0 Å². The Bertz CT molecular complexity index is 1500. The summed E-state index contributed by atoms with van der Waals surface area (Å²) in [4.78, 5) is 35.1. The Balaban J connectivity index is 1.47. The molecule has 36 heavy (non-hydrogen) atoms. The number of imide groups is 1. The highest BCUT2D eigenvalue weighted by Crippen LogP contribution is 2.49. The van der Waals surface area contributed by atoms with Gasteiger partial charge in [-0.1, -0.05) is 54.1 Å². The van der Waals surface area contributed by atoms with Crippen LogP contribution in [0.5, 0.6) is 11.5 Å².